The lowest BCUT2D eigenvalue weighted by atomic mass is 9.97. The number of nitrogens with one attached hydrogen (secondary N) is 1. The van der Waals surface area contributed by atoms with Crippen molar-refractivity contribution in [3.8, 4) is 5.75 Å². The van der Waals surface area contributed by atoms with Crippen molar-refractivity contribution in [3.63, 3.8) is 0 Å². The van der Waals surface area contributed by atoms with Gasteiger partial charge in [-0.05, 0) is 43.5 Å². The molecule has 0 radical (unpaired) electrons. The fourth-order valence-corrected chi connectivity index (χ4v) is 2.27. The van der Waals surface area contributed by atoms with Crippen LogP contribution in [-0.2, 0) is 6.42 Å². The highest BCUT2D eigenvalue weighted by molar-refractivity contribution is 5.38. The van der Waals surface area contributed by atoms with Crippen molar-refractivity contribution in [3.05, 3.63) is 29.3 Å². The molecular formula is C13H17F2NO. The molecule has 17 heavy (non-hydrogen) atoms. The van der Waals surface area contributed by atoms with Crippen molar-refractivity contribution in [2.75, 3.05) is 20.2 Å². The van der Waals surface area contributed by atoms with E-state index in [1.807, 2.05) is 0 Å². The van der Waals surface area contributed by atoms with E-state index in [2.05, 4.69) is 5.32 Å². The Kier molecular flexibility index (Phi) is 3.94. The number of rotatable bonds is 4. The Morgan fingerprint density at radius 3 is 2.88 bits per heavy atom. The van der Waals surface area contributed by atoms with Gasteiger partial charge in [0.1, 0.15) is 5.75 Å². The number of ether oxygens (including phenoxy) is 1. The van der Waals surface area contributed by atoms with Crippen LogP contribution >= 0.6 is 0 Å². The van der Waals surface area contributed by atoms with Crippen molar-refractivity contribution in [2.45, 2.75) is 19.3 Å². The standard InChI is InChI=1S/C13H17F2NO/c1-17-12-7-11(13(14)15)3-2-10(12)6-9-4-5-16-8-9/h2-3,7,9,13,16H,4-6,8H2,1H3. The third kappa shape index (κ3) is 2.94. The van der Waals surface area contributed by atoms with Gasteiger partial charge in [-0.2, -0.15) is 0 Å². The summed E-state index contributed by atoms with van der Waals surface area (Å²) >= 11 is 0. The minimum atomic E-state index is -2.44. The molecule has 0 bridgehead atoms. The van der Waals surface area contributed by atoms with Gasteiger partial charge in [-0.25, -0.2) is 8.78 Å². The molecule has 2 rings (SSSR count). The predicted octanol–water partition coefficient (Wildman–Crippen LogP) is 2.78. The van der Waals surface area contributed by atoms with Gasteiger partial charge in [-0.3, -0.25) is 0 Å². The zero-order valence-corrected chi connectivity index (χ0v) is 9.88. The number of hydrogen-bond acceptors (Lipinski definition) is 2. The van der Waals surface area contributed by atoms with Crippen LogP contribution < -0.4 is 10.1 Å². The second-order valence-electron chi connectivity index (χ2n) is 4.43. The van der Waals surface area contributed by atoms with Crippen LogP contribution in [0.2, 0.25) is 0 Å². The van der Waals surface area contributed by atoms with Crippen LogP contribution in [0.5, 0.6) is 5.75 Å². The molecule has 94 valence electrons. The van der Waals surface area contributed by atoms with E-state index in [1.54, 1.807) is 6.07 Å². The molecule has 1 atom stereocenters. The third-order valence-corrected chi connectivity index (χ3v) is 3.23. The molecule has 1 N–H and O–H groups in total. The molecule has 1 aromatic carbocycles. The molecule has 0 aliphatic carbocycles. The topological polar surface area (TPSA) is 21.3 Å². The normalized spacial score (nSPS) is 19.9. The lowest BCUT2D eigenvalue weighted by Crippen LogP contribution is -2.11. The Bertz CT molecular complexity index is 376. The van der Waals surface area contributed by atoms with Crippen molar-refractivity contribution >= 4 is 0 Å². The Morgan fingerprint density at radius 1 is 1.47 bits per heavy atom. The SMILES string of the molecule is COc1cc(C(F)F)ccc1CC1CCNC1. The largest absolute Gasteiger partial charge is 0.496 e. The molecule has 1 unspecified atom stereocenters. The Hall–Kier alpha value is -1.16. The maximum atomic E-state index is 12.6. The molecule has 1 aliphatic rings. The first-order valence-corrected chi connectivity index (χ1v) is 5.86. The Balaban J connectivity index is 2.15. The first kappa shape index (κ1) is 12.3. The zero-order chi connectivity index (χ0) is 12.3. The summed E-state index contributed by atoms with van der Waals surface area (Å²) in [6.45, 7) is 2.04. The molecular weight excluding hydrogens is 224 g/mol. The van der Waals surface area contributed by atoms with E-state index in [9.17, 15) is 8.78 Å². The third-order valence-electron chi connectivity index (χ3n) is 3.23. The lowest BCUT2D eigenvalue weighted by Gasteiger charge is -2.13. The zero-order valence-electron chi connectivity index (χ0n) is 9.88. The number of methoxy groups -OCH3 is 1. The summed E-state index contributed by atoms with van der Waals surface area (Å²) in [5.41, 5.74) is 1.04. The average molecular weight is 241 g/mol. The monoisotopic (exact) mass is 241 g/mol. The lowest BCUT2D eigenvalue weighted by molar-refractivity contribution is 0.151. The van der Waals surface area contributed by atoms with Gasteiger partial charge in [-0.1, -0.05) is 12.1 Å². The first-order chi connectivity index (χ1) is 8.20. The van der Waals surface area contributed by atoms with Gasteiger partial charge in [0, 0.05) is 5.56 Å². The average Bonchev–Trinajstić information content (AvgIpc) is 2.82. The molecule has 1 saturated heterocycles. The van der Waals surface area contributed by atoms with E-state index in [0.717, 1.165) is 31.5 Å². The van der Waals surface area contributed by atoms with Crippen LogP contribution in [-0.4, -0.2) is 20.2 Å². The highest BCUT2D eigenvalue weighted by atomic mass is 19.3. The number of alkyl halides is 2. The summed E-state index contributed by atoms with van der Waals surface area (Å²) in [6, 6.07) is 4.70. The second-order valence-corrected chi connectivity index (χ2v) is 4.43. The smallest absolute Gasteiger partial charge is 0.263 e. The molecule has 0 aromatic heterocycles. The maximum Gasteiger partial charge on any atom is 0.263 e. The van der Waals surface area contributed by atoms with E-state index < -0.39 is 6.43 Å². The summed E-state index contributed by atoms with van der Waals surface area (Å²) in [4.78, 5) is 0. The van der Waals surface area contributed by atoms with Gasteiger partial charge in [0.2, 0.25) is 0 Å². The van der Waals surface area contributed by atoms with Crippen LogP contribution in [0, 0.1) is 5.92 Å². The number of benzene rings is 1. The highest BCUT2D eigenvalue weighted by Crippen LogP contribution is 2.29. The Morgan fingerprint density at radius 2 is 2.29 bits per heavy atom. The van der Waals surface area contributed by atoms with Crippen molar-refractivity contribution in [1.29, 1.82) is 0 Å². The van der Waals surface area contributed by atoms with Crippen molar-refractivity contribution in [2.24, 2.45) is 5.92 Å². The summed E-state index contributed by atoms with van der Waals surface area (Å²) in [5.74, 6) is 1.16. The fourth-order valence-electron chi connectivity index (χ4n) is 2.27. The van der Waals surface area contributed by atoms with Gasteiger partial charge < -0.3 is 10.1 Å². The number of halogens is 2. The molecule has 1 aliphatic heterocycles. The van der Waals surface area contributed by atoms with Crippen LogP contribution in [0.1, 0.15) is 24.0 Å². The van der Waals surface area contributed by atoms with Gasteiger partial charge in [0.05, 0.1) is 7.11 Å². The molecule has 2 nitrogen and oxygen atoms in total. The summed E-state index contributed by atoms with van der Waals surface area (Å²) < 4.78 is 30.3. The van der Waals surface area contributed by atoms with Crippen LogP contribution in [0.4, 0.5) is 8.78 Å². The van der Waals surface area contributed by atoms with Crippen LogP contribution in [0.15, 0.2) is 18.2 Å². The van der Waals surface area contributed by atoms with E-state index >= 15 is 0 Å². The maximum absolute atomic E-state index is 12.6. The summed E-state index contributed by atoms with van der Waals surface area (Å²) in [6.07, 6.45) is -0.412. The van der Waals surface area contributed by atoms with Gasteiger partial charge in [-0.15, -0.1) is 0 Å². The van der Waals surface area contributed by atoms with E-state index in [4.69, 9.17) is 4.74 Å². The van der Waals surface area contributed by atoms with Gasteiger partial charge in [0.15, 0.2) is 0 Å². The fraction of sp³-hybridized carbons (Fsp3) is 0.538. The van der Waals surface area contributed by atoms with E-state index in [-0.39, 0.29) is 5.56 Å². The van der Waals surface area contributed by atoms with E-state index in [1.165, 1.54) is 19.2 Å². The van der Waals surface area contributed by atoms with E-state index in [0.29, 0.717) is 11.7 Å². The summed E-state index contributed by atoms with van der Waals surface area (Å²) in [7, 11) is 1.53. The molecule has 0 spiro atoms. The second kappa shape index (κ2) is 5.45. The van der Waals surface area contributed by atoms with Gasteiger partial charge >= 0.3 is 0 Å². The van der Waals surface area contributed by atoms with Crippen LogP contribution in [0.25, 0.3) is 0 Å². The Labute approximate surface area is 100.0 Å². The highest BCUT2D eigenvalue weighted by Gasteiger charge is 2.18. The minimum absolute atomic E-state index is 0.0233. The van der Waals surface area contributed by atoms with Crippen LogP contribution in [0.3, 0.4) is 0 Å². The first-order valence-electron chi connectivity index (χ1n) is 5.86. The minimum Gasteiger partial charge on any atom is -0.496 e. The molecule has 1 fully saturated rings. The molecule has 0 saturated carbocycles. The molecule has 1 aromatic rings. The van der Waals surface area contributed by atoms with Crippen molar-refractivity contribution in [1.82, 2.24) is 5.32 Å². The van der Waals surface area contributed by atoms with Gasteiger partial charge in [0.25, 0.3) is 6.43 Å². The molecule has 4 heteroatoms. The quantitative estimate of drug-likeness (QED) is 0.875. The summed E-state index contributed by atoms with van der Waals surface area (Å²) in [5, 5.41) is 3.30. The number of hydrogen-bond donors (Lipinski definition) is 1. The molecule has 1 heterocycles. The predicted molar refractivity (Wildman–Crippen MR) is 62.6 cm³/mol. The molecule has 0 amide bonds. The van der Waals surface area contributed by atoms with Crippen molar-refractivity contribution < 1.29 is 13.5 Å².